The summed E-state index contributed by atoms with van der Waals surface area (Å²) in [6.07, 6.45) is -0.870. The number of ether oxygens (including phenoxy) is 1. The molecule has 2 aromatic rings. The van der Waals surface area contributed by atoms with Gasteiger partial charge in [0.25, 0.3) is 15.9 Å². The summed E-state index contributed by atoms with van der Waals surface area (Å²) >= 11 is 3.21. The van der Waals surface area contributed by atoms with Gasteiger partial charge in [-0.25, -0.2) is 17.2 Å². The van der Waals surface area contributed by atoms with Gasteiger partial charge in [0, 0.05) is 17.6 Å². The molecule has 2 aromatic carbocycles. The first-order valence-electron chi connectivity index (χ1n) is 7.36. The van der Waals surface area contributed by atoms with E-state index < -0.39 is 27.8 Å². The molecule has 1 N–H and O–H groups in total. The summed E-state index contributed by atoms with van der Waals surface area (Å²) in [5.41, 5.74) is 0.124. The van der Waals surface area contributed by atoms with Gasteiger partial charge in [0.15, 0.2) is 23.5 Å². The van der Waals surface area contributed by atoms with Gasteiger partial charge in [-0.15, -0.1) is 0 Å². The van der Waals surface area contributed by atoms with Gasteiger partial charge in [-0.1, -0.05) is 15.9 Å². The van der Waals surface area contributed by atoms with Crippen LogP contribution in [0.25, 0.3) is 0 Å². The Morgan fingerprint density at radius 2 is 1.88 bits per heavy atom. The quantitative estimate of drug-likeness (QED) is 0.784. The van der Waals surface area contributed by atoms with Crippen molar-refractivity contribution >= 4 is 43.2 Å². The van der Waals surface area contributed by atoms with Crippen LogP contribution in [0.15, 0.2) is 39.7 Å². The number of hydrogen-bond acceptors (Lipinski definition) is 4. The fraction of sp³-hybridized carbons (Fsp3) is 0.188. The number of hydrogen-bond donors (Lipinski definition) is 1. The Morgan fingerprint density at radius 1 is 1.19 bits per heavy atom. The summed E-state index contributed by atoms with van der Waals surface area (Å²) in [7, 11) is -2.70. The molecule has 1 atom stereocenters. The summed E-state index contributed by atoms with van der Waals surface area (Å²) in [6, 6.07) is 5.50. The van der Waals surface area contributed by atoms with Gasteiger partial charge in [-0.2, -0.15) is 0 Å². The number of amides is 1. The van der Waals surface area contributed by atoms with E-state index in [2.05, 4.69) is 20.7 Å². The van der Waals surface area contributed by atoms with Gasteiger partial charge in [0.05, 0.1) is 11.4 Å². The molecule has 0 aliphatic carbocycles. The maximum atomic E-state index is 13.4. The first-order chi connectivity index (χ1) is 12.1. The highest BCUT2D eigenvalue weighted by atomic mass is 79.9. The van der Waals surface area contributed by atoms with Crippen LogP contribution in [-0.4, -0.2) is 27.5 Å². The third-order valence-electron chi connectivity index (χ3n) is 3.80. The number of rotatable bonds is 3. The molecule has 0 aromatic heterocycles. The smallest absolute Gasteiger partial charge is 0.267 e. The fourth-order valence-electron chi connectivity index (χ4n) is 2.51. The Labute approximate surface area is 156 Å². The number of sulfonamides is 1. The highest BCUT2D eigenvalue weighted by Crippen LogP contribution is 2.41. The van der Waals surface area contributed by atoms with E-state index in [4.69, 9.17) is 4.74 Å². The van der Waals surface area contributed by atoms with Crippen LogP contribution in [0.2, 0.25) is 0 Å². The number of carbonyl (C=O) groups is 1. The number of likely N-dealkylation sites (N-methyl/N-ethyl adjacent to an activating group) is 1. The second-order valence-corrected chi connectivity index (χ2v) is 8.21. The van der Waals surface area contributed by atoms with Crippen LogP contribution in [0.4, 0.5) is 20.2 Å². The van der Waals surface area contributed by atoms with Crippen molar-refractivity contribution in [2.45, 2.75) is 17.9 Å². The van der Waals surface area contributed by atoms with E-state index in [1.54, 1.807) is 6.07 Å². The zero-order valence-corrected chi connectivity index (χ0v) is 16.0. The zero-order chi connectivity index (χ0) is 19.2. The summed E-state index contributed by atoms with van der Waals surface area (Å²) < 4.78 is 60.1. The van der Waals surface area contributed by atoms with Crippen LogP contribution in [0.5, 0.6) is 5.75 Å². The summed E-state index contributed by atoms with van der Waals surface area (Å²) in [4.78, 5) is 13.1. The normalized spacial score (nSPS) is 16.9. The van der Waals surface area contributed by atoms with Crippen LogP contribution < -0.4 is 14.4 Å². The Balaban J connectivity index is 2.09. The Bertz CT molecular complexity index is 1010. The van der Waals surface area contributed by atoms with E-state index >= 15 is 0 Å². The van der Waals surface area contributed by atoms with Crippen molar-refractivity contribution in [3.63, 3.8) is 0 Å². The predicted octanol–water partition coefficient (Wildman–Crippen LogP) is 3.27. The van der Waals surface area contributed by atoms with E-state index in [0.29, 0.717) is 4.47 Å². The molecular formula is C16H13BrF2N2O4S. The second kappa shape index (κ2) is 6.51. The second-order valence-electron chi connectivity index (χ2n) is 5.64. The van der Waals surface area contributed by atoms with Crippen molar-refractivity contribution in [3.8, 4) is 5.75 Å². The predicted molar refractivity (Wildman–Crippen MR) is 94.8 cm³/mol. The largest absolute Gasteiger partial charge is 0.477 e. The third kappa shape index (κ3) is 3.26. The molecule has 0 spiro atoms. The van der Waals surface area contributed by atoms with Gasteiger partial charge in [0.2, 0.25) is 0 Å². The topological polar surface area (TPSA) is 75.7 Å². The van der Waals surface area contributed by atoms with Crippen molar-refractivity contribution in [2.24, 2.45) is 0 Å². The van der Waals surface area contributed by atoms with Crippen LogP contribution in [0.1, 0.15) is 6.92 Å². The lowest BCUT2D eigenvalue weighted by atomic mass is 10.2. The lowest BCUT2D eigenvalue weighted by Crippen LogP contribution is -2.42. The molecule has 0 bridgehead atoms. The first kappa shape index (κ1) is 18.6. The molecule has 1 heterocycles. The molecule has 6 nitrogen and oxygen atoms in total. The number of fused-ring (bicyclic) bond motifs is 1. The molecular weight excluding hydrogens is 434 g/mol. The van der Waals surface area contributed by atoms with Crippen LogP contribution in [0.3, 0.4) is 0 Å². The summed E-state index contributed by atoms with van der Waals surface area (Å²) in [5, 5.41) is 0. The minimum atomic E-state index is -4.20. The molecule has 0 fully saturated rings. The van der Waals surface area contributed by atoms with Crippen molar-refractivity contribution in [1.29, 1.82) is 0 Å². The average Bonchev–Trinajstić information content (AvgIpc) is 2.56. The Kier molecular flexibility index (Phi) is 4.65. The maximum absolute atomic E-state index is 13.4. The third-order valence-corrected chi connectivity index (χ3v) is 5.64. The van der Waals surface area contributed by atoms with Crippen LogP contribution in [0, 0.1) is 11.6 Å². The van der Waals surface area contributed by atoms with Crippen molar-refractivity contribution in [3.05, 3.63) is 46.4 Å². The molecule has 0 radical (unpaired) electrons. The van der Waals surface area contributed by atoms with Gasteiger partial charge >= 0.3 is 0 Å². The molecule has 26 heavy (non-hydrogen) atoms. The average molecular weight is 447 g/mol. The monoisotopic (exact) mass is 446 g/mol. The SMILES string of the molecule is CC1Oc2c(cc(Br)cc2S(=O)(=O)Nc2ccc(F)c(F)c2)N(C)C1=O. The minimum absolute atomic E-state index is 0.00196. The molecule has 1 unspecified atom stereocenters. The van der Waals surface area contributed by atoms with E-state index in [-0.39, 0.29) is 27.9 Å². The summed E-state index contributed by atoms with van der Waals surface area (Å²) in [6.45, 7) is 1.50. The van der Waals surface area contributed by atoms with Gasteiger partial charge in [0.1, 0.15) is 4.90 Å². The van der Waals surface area contributed by atoms with E-state index in [9.17, 15) is 22.0 Å². The molecule has 10 heteroatoms. The van der Waals surface area contributed by atoms with Crippen LogP contribution >= 0.6 is 15.9 Å². The first-order valence-corrected chi connectivity index (χ1v) is 9.63. The lowest BCUT2D eigenvalue weighted by Gasteiger charge is -2.31. The van der Waals surface area contributed by atoms with Gasteiger partial charge in [-0.05, 0) is 31.2 Å². The molecule has 1 aliphatic heterocycles. The van der Waals surface area contributed by atoms with E-state index in [1.807, 2.05) is 0 Å². The van der Waals surface area contributed by atoms with Gasteiger partial charge in [-0.3, -0.25) is 9.52 Å². The minimum Gasteiger partial charge on any atom is -0.477 e. The molecule has 1 amide bonds. The maximum Gasteiger partial charge on any atom is 0.267 e. The molecule has 138 valence electrons. The van der Waals surface area contributed by atoms with Crippen molar-refractivity contribution in [1.82, 2.24) is 0 Å². The zero-order valence-electron chi connectivity index (χ0n) is 13.6. The van der Waals surface area contributed by atoms with Crippen molar-refractivity contribution < 1.29 is 26.7 Å². The van der Waals surface area contributed by atoms with Crippen LogP contribution in [-0.2, 0) is 14.8 Å². The van der Waals surface area contributed by atoms with E-state index in [0.717, 1.165) is 18.2 Å². The van der Waals surface area contributed by atoms with Crippen molar-refractivity contribution in [2.75, 3.05) is 16.7 Å². The number of halogens is 3. The fourth-order valence-corrected chi connectivity index (χ4v) is 4.33. The number of nitrogens with one attached hydrogen (secondary N) is 1. The lowest BCUT2D eigenvalue weighted by molar-refractivity contribution is -0.125. The van der Waals surface area contributed by atoms with E-state index in [1.165, 1.54) is 24.9 Å². The molecule has 0 saturated heterocycles. The Hall–Kier alpha value is -2.20. The number of nitrogens with zero attached hydrogens (tertiary/aromatic N) is 1. The standard InChI is InChI=1S/C16H13BrF2N2O4S/c1-8-16(22)21(2)13-5-9(17)6-14(15(13)25-8)26(23,24)20-10-3-4-11(18)12(19)7-10/h3-8,20H,1-2H3. The molecule has 0 saturated carbocycles. The Morgan fingerprint density at radius 3 is 2.54 bits per heavy atom. The highest BCUT2D eigenvalue weighted by Gasteiger charge is 2.34. The molecule has 3 rings (SSSR count). The number of benzene rings is 2. The highest BCUT2D eigenvalue weighted by molar-refractivity contribution is 9.10. The van der Waals surface area contributed by atoms with Gasteiger partial charge < -0.3 is 9.64 Å². The number of anilines is 2. The number of carbonyl (C=O) groups excluding carboxylic acids is 1. The molecule has 1 aliphatic rings. The summed E-state index contributed by atoms with van der Waals surface area (Å²) in [5.74, 6) is -2.60.